The highest BCUT2D eigenvalue weighted by Gasteiger charge is 2.34. The summed E-state index contributed by atoms with van der Waals surface area (Å²) in [6.07, 6.45) is 0. The maximum atomic E-state index is 12.9. The molecule has 2 heterocycles. The minimum absolute atomic E-state index is 0.0554. The second-order valence-corrected chi connectivity index (χ2v) is 8.42. The number of ketones is 1. The monoisotopic (exact) mass is 462 g/mol. The molecule has 0 aromatic heterocycles. The number of benzene rings is 2. The first-order chi connectivity index (χ1) is 16.5. The second kappa shape index (κ2) is 10.5. The Balaban J connectivity index is 1.50. The van der Waals surface area contributed by atoms with Crippen LogP contribution < -0.4 is 15.5 Å². The van der Waals surface area contributed by atoms with Crippen molar-refractivity contribution in [2.45, 2.75) is 19.9 Å². The molecule has 178 valence electrons. The van der Waals surface area contributed by atoms with Gasteiger partial charge in [-0.1, -0.05) is 30.3 Å². The van der Waals surface area contributed by atoms with Gasteiger partial charge in [-0.15, -0.1) is 0 Å². The summed E-state index contributed by atoms with van der Waals surface area (Å²) in [5.74, 6) is -0.372. The first-order valence-electron chi connectivity index (χ1n) is 11.6. The maximum absolute atomic E-state index is 12.9. The Kier molecular flexibility index (Phi) is 7.27. The fraction of sp³-hybridized carbons (Fsp3) is 0.346. The van der Waals surface area contributed by atoms with Crippen molar-refractivity contribution in [1.29, 1.82) is 0 Å². The summed E-state index contributed by atoms with van der Waals surface area (Å²) in [5.41, 5.74) is 3.63. The van der Waals surface area contributed by atoms with Crippen LogP contribution in [0.2, 0.25) is 0 Å². The molecule has 8 heteroatoms. The van der Waals surface area contributed by atoms with E-state index < -0.39 is 12.0 Å². The number of carbonyl (C=O) groups is 3. The number of carbonyl (C=O) groups excluding carboxylic acids is 3. The van der Waals surface area contributed by atoms with Crippen molar-refractivity contribution < 1.29 is 19.1 Å². The smallest absolute Gasteiger partial charge is 0.338 e. The molecule has 2 aromatic rings. The van der Waals surface area contributed by atoms with E-state index in [1.165, 1.54) is 0 Å². The second-order valence-electron chi connectivity index (χ2n) is 8.42. The molecule has 34 heavy (non-hydrogen) atoms. The number of esters is 1. The highest BCUT2D eigenvalue weighted by Crippen LogP contribution is 2.28. The molecule has 2 N–H and O–H groups in total. The van der Waals surface area contributed by atoms with Gasteiger partial charge in [0.1, 0.15) is 0 Å². The quantitative estimate of drug-likeness (QED) is 0.486. The van der Waals surface area contributed by atoms with Gasteiger partial charge in [0.05, 0.1) is 18.2 Å². The average Bonchev–Trinajstić information content (AvgIpc) is 2.85. The number of amides is 2. The van der Waals surface area contributed by atoms with E-state index in [-0.39, 0.29) is 18.4 Å². The number of urea groups is 1. The van der Waals surface area contributed by atoms with Gasteiger partial charge in [-0.05, 0) is 43.7 Å². The minimum atomic E-state index is -0.565. The van der Waals surface area contributed by atoms with Crippen LogP contribution in [0.5, 0.6) is 0 Å². The lowest BCUT2D eigenvalue weighted by Crippen LogP contribution is -2.51. The van der Waals surface area contributed by atoms with Gasteiger partial charge in [0.2, 0.25) is 0 Å². The number of nitrogens with zero attached hydrogens (tertiary/aromatic N) is 2. The maximum Gasteiger partial charge on any atom is 0.338 e. The van der Waals surface area contributed by atoms with Crippen LogP contribution in [0.15, 0.2) is 65.9 Å². The molecule has 2 aromatic carbocycles. The molecular formula is C26H30N4O4. The lowest BCUT2D eigenvalue weighted by Gasteiger charge is -2.38. The van der Waals surface area contributed by atoms with E-state index in [2.05, 4.69) is 20.4 Å². The molecular weight excluding hydrogens is 432 g/mol. The summed E-state index contributed by atoms with van der Waals surface area (Å²) in [6, 6.07) is 16.2. The molecule has 0 aliphatic carbocycles. The van der Waals surface area contributed by atoms with E-state index in [1.54, 1.807) is 13.8 Å². The molecule has 2 aliphatic heterocycles. The van der Waals surface area contributed by atoms with Crippen molar-refractivity contribution in [3.05, 3.63) is 77.0 Å². The van der Waals surface area contributed by atoms with Crippen LogP contribution in [0, 0.1) is 0 Å². The standard InChI is InChI=1S/C26H30N4O4/c1-3-34-25(32)23-22(27-26(33)28-24(23)20-7-5-4-6-8-20)17-29-13-15-30(16-14-29)21-11-9-19(10-12-21)18(2)31/h4-12,24H,3,13-17H2,1-2H3,(H2,27,28,33). The molecule has 0 bridgehead atoms. The Bertz CT molecular complexity index is 1070. The van der Waals surface area contributed by atoms with Crippen LogP contribution in [-0.2, 0) is 9.53 Å². The highest BCUT2D eigenvalue weighted by atomic mass is 16.5. The molecule has 1 fully saturated rings. The van der Waals surface area contributed by atoms with E-state index in [0.717, 1.165) is 37.4 Å². The lowest BCUT2D eigenvalue weighted by molar-refractivity contribution is -0.139. The third-order valence-electron chi connectivity index (χ3n) is 6.17. The topological polar surface area (TPSA) is 91.0 Å². The molecule has 1 unspecified atom stereocenters. The average molecular weight is 463 g/mol. The molecule has 0 spiro atoms. The Morgan fingerprint density at radius 2 is 1.68 bits per heavy atom. The number of ether oxygens (including phenoxy) is 1. The van der Waals surface area contributed by atoms with Crippen LogP contribution in [0.1, 0.15) is 35.8 Å². The molecule has 0 radical (unpaired) electrons. The molecule has 0 saturated carbocycles. The summed E-state index contributed by atoms with van der Waals surface area (Å²) in [5, 5.41) is 5.72. The fourth-order valence-corrected chi connectivity index (χ4v) is 4.38. The van der Waals surface area contributed by atoms with Gasteiger partial charge in [-0.25, -0.2) is 9.59 Å². The molecule has 2 aliphatic rings. The van der Waals surface area contributed by atoms with Crippen LogP contribution in [0.25, 0.3) is 0 Å². The van der Waals surface area contributed by atoms with Gasteiger partial charge >= 0.3 is 12.0 Å². The summed E-state index contributed by atoms with van der Waals surface area (Å²) in [6.45, 7) is 7.18. The predicted molar refractivity (Wildman–Crippen MR) is 130 cm³/mol. The Morgan fingerprint density at radius 1 is 1.00 bits per heavy atom. The predicted octanol–water partition coefficient (Wildman–Crippen LogP) is 2.88. The van der Waals surface area contributed by atoms with Crippen molar-refractivity contribution in [2.75, 3.05) is 44.2 Å². The number of anilines is 1. The first kappa shape index (κ1) is 23.5. The van der Waals surface area contributed by atoms with Crippen molar-refractivity contribution in [3.63, 3.8) is 0 Å². The molecule has 2 amide bonds. The Labute approximate surface area is 199 Å². The number of rotatable bonds is 7. The molecule has 1 atom stereocenters. The van der Waals surface area contributed by atoms with Gasteiger partial charge in [0.15, 0.2) is 5.78 Å². The van der Waals surface area contributed by atoms with Crippen LogP contribution >= 0.6 is 0 Å². The zero-order valence-corrected chi connectivity index (χ0v) is 19.5. The number of Topliss-reactive ketones (excluding diaryl/α,β-unsaturated/α-hetero) is 1. The van der Waals surface area contributed by atoms with Crippen molar-refractivity contribution in [2.24, 2.45) is 0 Å². The number of hydrogen-bond acceptors (Lipinski definition) is 6. The lowest BCUT2D eigenvalue weighted by atomic mass is 9.95. The van der Waals surface area contributed by atoms with Crippen LogP contribution in [0.3, 0.4) is 0 Å². The van der Waals surface area contributed by atoms with Crippen molar-refractivity contribution in [3.8, 4) is 0 Å². The van der Waals surface area contributed by atoms with E-state index in [4.69, 9.17) is 4.74 Å². The van der Waals surface area contributed by atoms with Crippen molar-refractivity contribution in [1.82, 2.24) is 15.5 Å². The number of hydrogen-bond donors (Lipinski definition) is 2. The molecule has 4 rings (SSSR count). The van der Waals surface area contributed by atoms with Gasteiger partial charge in [-0.3, -0.25) is 9.69 Å². The van der Waals surface area contributed by atoms with Gasteiger partial charge in [-0.2, -0.15) is 0 Å². The summed E-state index contributed by atoms with van der Waals surface area (Å²) < 4.78 is 5.35. The fourth-order valence-electron chi connectivity index (χ4n) is 4.38. The van der Waals surface area contributed by atoms with E-state index >= 15 is 0 Å². The SMILES string of the molecule is CCOC(=O)C1=C(CN2CCN(c3ccc(C(C)=O)cc3)CC2)NC(=O)NC1c1ccccc1. The minimum Gasteiger partial charge on any atom is -0.463 e. The zero-order valence-electron chi connectivity index (χ0n) is 19.5. The third kappa shape index (κ3) is 5.28. The van der Waals surface area contributed by atoms with E-state index in [0.29, 0.717) is 23.4 Å². The van der Waals surface area contributed by atoms with E-state index in [9.17, 15) is 14.4 Å². The van der Waals surface area contributed by atoms with E-state index in [1.807, 2.05) is 54.6 Å². The summed E-state index contributed by atoms with van der Waals surface area (Å²) in [4.78, 5) is 41.4. The summed E-state index contributed by atoms with van der Waals surface area (Å²) in [7, 11) is 0. The molecule has 1 saturated heterocycles. The number of nitrogens with one attached hydrogen (secondary N) is 2. The normalized spacial score (nSPS) is 18.8. The Hall–Kier alpha value is -3.65. The van der Waals surface area contributed by atoms with Gasteiger partial charge in [0.25, 0.3) is 0 Å². The first-order valence-corrected chi connectivity index (χ1v) is 11.6. The van der Waals surface area contributed by atoms with Crippen LogP contribution in [0.4, 0.5) is 10.5 Å². The van der Waals surface area contributed by atoms with Crippen LogP contribution in [-0.4, -0.2) is 62.0 Å². The van der Waals surface area contributed by atoms with Crippen molar-refractivity contribution >= 4 is 23.5 Å². The zero-order chi connectivity index (χ0) is 24.1. The summed E-state index contributed by atoms with van der Waals surface area (Å²) >= 11 is 0. The number of piperazine rings is 1. The third-order valence-corrected chi connectivity index (χ3v) is 6.17. The van der Waals surface area contributed by atoms with Gasteiger partial charge < -0.3 is 20.3 Å². The highest BCUT2D eigenvalue weighted by molar-refractivity contribution is 5.95. The largest absolute Gasteiger partial charge is 0.463 e. The molecule has 8 nitrogen and oxygen atoms in total. The van der Waals surface area contributed by atoms with Gasteiger partial charge in [0, 0.05) is 49.7 Å². The Morgan fingerprint density at radius 3 is 2.29 bits per heavy atom.